The van der Waals surface area contributed by atoms with Crippen LogP contribution in [0.5, 0.6) is 0 Å². The maximum atomic E-state index is 11.4. The van der Waals surface area contributed by atoms with E-state index in [0.717, 1.165) is 6.54 Å². The number of guanidine groups is 1. The molecule has 0 rings (SSSR count). The van der Waals surface area contributed by atoms with E-state index >= 15 is 0 Å². The van der Waals surface area contributed by atoms with Crippen molar-refractivity contribution in [2.75, 3.05) is 46.9 Å². The van der Waals surface area contributed by atoms with E-state index in [-0.39, 0.29) is 36.4 Å². The predicted octanol–water partition coefficient (Wildman–Crippen LogP) is 0.284. The molecule has 0 aromatic heterocycles. The van der Waals surface area contributed by atoms with Crippen LogP contribution in [0.25, 0.3) is 0 Å². The third-order valence-corrected chi connectivity index (χ3v) is 1.96. The van der Waals surface area contributed by atoms with Gasteiger partial charge in [0.1, 0.15) is 6.54 Å². The maximum absolute atomic E-state index is 11.4. The Morgan fingerprint density at radius 3 is 2.44 bits per heavy atom. The minimum atomic E-state index is -0.0213. The van der Waals surface area contributed by atoms with E-state index < -0.39 is 0 Å². The summed E-state index contributed by atoms with van der Waals surface area (Å²) in [6.45, 7) is 6.85. The zero-order valence-electron chi connectivity index (χ0n) is 11.7. The highest BCUT2D eigenvalue weighted by atomic mass is 127. The lowest BCUT2D eigenvalue weighted by molar-refractivity contribution is -0.127. The van der Waals surface area contributed by atoms with Crippen molar-refractivity contribution in [1.82, 2.24) is 15.5 Å². The average Bonchev–Trinajstić information content (AvgIpc) is 2.30. The van der Waals surface area contributed by atoms with Gasteiger partial charge in [0.05, 0.1) is 6.61 Å². The van der Waals surface area contributed by atoms with Crippen LogP contribution in [0.2, 0.25) is 0 Å². The van der Waals surface area contributed by atoms with E-state index in [0.29, 0.717) is 25.7 Å². The van der Waals surface area contributed by atoms with E-state index in [4.69, 9.17) is 4.74 Å². The third kappa shape index (κ3) is 10.6. The second kappa shape index (κ2) is 12.9. The summed E-state index contributed by atoms with van der Waals surface area (Å²) in [5, 5.41) is 6.16. The zero-order chi connectivity index (χ0) is 13.1. The van der Waals surface area contributed by atoms with Crippen molar-refractivity contribution in [3.8, 4) is 0 Å². The number of hydrogen-bond acceptors (Lipinski definition) is 3. The minimum absolute atomic E-state index is 0. The molecule has 0 atom stereocenters. The molecule has 2 N–H and O–H groups in total. The molecule has 0 unspecified atom stereocenters. The largest absolute Gasteiger partial charge is 0.380 e. The molecule has 0 aliphatic carbocycles. The summed E-state index contributed by atoms with van der Waals surface area (Å²) >= 11 is 0. The van der Waals surface area contributed by atoms with Gasteiger partial charge in [0.25, 0.3) is 0 Å². The summed E-state index contributed by atoms with van der Waals surface area (Å²) in [7, 11) is 3.43. The third-order valence-electron chi connectivity index (χ3n) is 1.96. The van der Waals surface area contributed by atoms with Crippen molar-refractivity contribution in [2.45, 2.75) is 13.8 Å². The molecule has 0 saturated carbocycles. The van der Waals surface area contributed by atoms with Gasteiger partial charge in [0.15, 0.2) is 5.96 Å². The Hall–Kier alpha value is -0.570. The summed E-state index contributed by atoms with van der Waals surface area (Å²) < 4.78 is 5.21. The van der Waals surface area contributed by atoms with Gasteiger partial charge in [-0.15, -0.1) is 24.0 Å². The fourth-order valence-corrected chi connectivity index (χ4v) is 1.02. The molecule has 0 aliphatic heterocycles. The van der Waals surface area contributed by atoms with Gasteiger partial charge in [0.2, 0.25) is 5.91 Å². The number of carbonyl (C=O) groups is 1. The Balaban J connectivity index is 0. The molecule has 0 fully saturated rings. The topological polar surface area (TPSA) is 66.0 Å². The van der Waals surface area contributed by atoms with Crippen molar-refractivity contribution < 1.29 is 9.53 Å². The lowest BCUT2D eigenvalue weighted by atomic mass is 10.5. The summed E-state index contributed by atoms with van der Waals surface area (Å²) in [4.78, 5) is 17.1. The first kappa shape index (κ1) is 19.8. The van der Waals surface area contributed by atoms with Gasteiger partial charge in [-0.25, -0.2) is 4.99 Å². The van der Waals surface area contributed by atoms with Crippen molar-refractivity contribution in [2.24, 2.45) is 4.99 Å². The Kier molecular flexibility index (Phi) is 14.1. The molecule has 0 radical (unpaired) electrons. The first-order chi connectivity index (χ1) is 8.11. The Bertz CT molecular complexity index is 247. The molecule has 0 saturated heterocycles. The van der Waals surface area contributed by atoms with E-state index in [1.54, 1.807) is 14.1 Å². The van der Waals surface area contributed by atoms with Crippen molar-refractivity contribution in [1.29, 1.82) is 0 Å². The molecule has 0 aliphatic rings. The van der Waals surface area contributed by atoms with Gasteiger partial charge in [-0.1, -0.05) is 0 Å². The number of nitrogens with one attached hydrogen (secondary N) is 2. The van der Waals surface area contributed by atoms with E-state index in [1.165, 1.54) is 4.90 Å². The van der Waals surface area contributed by atoms with Gasteiger partial charge in [-0.05, 0) is 13.8 Å². The molecule has 0 bridgehead atoms. The molecule has 0 spiro atoms. The number of carbonyl (C=O) groups excluding carboxylic acids is 1. The highest BCUT2D eigenvalue weighted by molar-refractivity contribution is 14.0. The van der Waals surface area contributed by atoms with Crippen LogP contribution < -0.4 is 10.6 Å². The monoisotopic (exact) mass is 372 g/mol. The SMILES string of the molecule is CCNC(=NCC(=O)N(C)C)NCCOCC.I. The molecule has 6 nitrogen and oxygen atoms in total. The zero-order valence-corrected chi connectivity index (χ0v) is 14.0. The second-order valence-electron chi connectivity index (χ2n) is 3.61. The first-order valence-corrected chi connectivity index (χ1v) is 5.91. The fraction of sp³-hybridized carbons (Fsp3) is 0.818. The summed E-state index contributed by atoms with van der Waals surface area (Å²) in [6.07, 6.45) is 0. The smallest absolute Gasteiger partial charge is 0.243 e. The number of rotatable bonds is 7. The summed E-state index contributed by atoms with van der Waals surface area (Å²) in [5.74, 6) is 0.620. The number of halogens is 1. The van der Waals surface area contributed by atoms with Crippen LogP contribution in [0.15, 0.2) is 4.99 Å². The molecule has 18 heavy (non-hydrogen) atoms. The van der Waals surface area contributed by atoms with Crippen LogP contribution >= 0.6 is 24.0 Å². The quantitative estimate of drug-likeness (QED) is 0.292. The molecule has 1 amide bonds. The van der Waals surface area contributed by atoms with E-state index in [1.807, 2.05) is 13.8 Å². The average molecular weight is 372 g/mol. The van der Waals surface area contributed by atoms with Crippen LogP contribution in [0.1, 0.15) is 13.8 Å². The first-order valence-electron chi connectivity index (χ1n) is 5.91. The van der Waals surface area contributed by atoms with Gasteiger partial charge >= 0.3 is 0 Å². The van der Waals surface area contributed by atoms with Crippen molar-refractivity contribution >= 4 is 35.8 Å². The Morgan fingerprint density at radius 1 is 1.28 bits per heavy atom. The fourth-order valence-electron chi connectivity index (χ4n) is 1.02. The lowest BCUT2D eigenvalue weighted by Crippen LogP contribution is -2.39. The predicted molar refractivity (Wildman–Crippen MR) is 84.6 cm³/mol. The minimum Gasteiger partial charge on any atom is -0.380 e. The van der Waals surface area contributed by atoms with Crippen LogP contribution in [-0.4, -0.2) is 63.7 Å². The van der Waals surface area contributed by atoms with Crippen LogP contribution in [0.4, 0.5) is 0 Å². The number of hydrogen-bond donors (Lipinski definition) is 2. The van der Waals surface area contributed by atoms with Gasteiger partial charge in [0, 0.05) is 33.8 Å². The molecule has 7 heteroatoms. The summed E-state index contributed by atoms with van der Waals surface area (Å²) in [6, 6.07) is 0. The Labute approximate surface area is 127 Å². The van der Waals surface area contributed by atoms with E-state index in [9.17, 15) is 4.79 Å². The highest BCUT2D eigenvalue weighted by Gasteiger charge is 2.03. The molecule has 0 heterocycles. The molecule has 0 aromatic rings. The van der Waals surface area contributed by atoms with Gasteiger partial charge < -0.3 is 20.3 Å². The molecular weight excluding hydrogens is 347 g/mol. The number of likely N-dealkylation sites (N-methyl/N-ethyl adjacent to an activating group) is 1. The second-order valence-corrected chi connectivity index (χ2v) is 3.61. The normalized spacial score (nSPS) is 10.6. The molecular formula is C11H25IN4O2. The van der Waals surface area contributed by atoms with E-state index in [2.05, 4.69) is 15.6 Å². The highest BCUT2D eigenvalue weighted by Crippen LogP contribution is 1.81. The molecule has 108 valence electrons. The maximum Gasteiger partial charge on any atom is 0.243 e. The van der Waals surface area contributed by atoms with Crippen molar-refractivity contribution in [3.63, 3.8) is 0 Å². The van der Waals surface area contributed by atoms with Crippen LogP contribution in [0, 0.1) is 0 Å². The number of nitrogens with zero attached hydrogens (tertiary/aromatic N) is 2. The number of ether oxygens (including phenoxy) is 1. The standard InChI is InChI=1S/C11H24N4O2.HI/c1-5-12-11(13-7-8-17-6-2)14-9-10(16)15(3)4;/h5-9H2,1-4H3,(H2,12,13,14);1H. The Morgan fingerprint density at radius 2 is 1.94 bits per heavy atom. The number of aliphatic imine (C=N–C) groups is 1. The van der Waals surface area contributed by atoms with Crippen molar-refractivity contribution in [3.05, 3.63) is 0 Å². The van der Waals surface area contributed by atoms with Crippen LogP contribution in [0.3, 0.4) is 0 Å². The van der Waals surface area contributed by atoms with Crippen LogP contribution in [-0.2, 0) is 9.53 Å². The number of amides is 1. The lowest BCUT2D eigenvalue weighted by Gasteiger charge is -2.12. The summed E-state index contributed by atoms with van der Waals surface area (Å²) in [5.41, 5.74) is 0. The van der Waals surface area contributed by atoms with Gasteiger partial charge in [-0.2, -0.15) is 0 Å². The molecule has 0 aromatic carbocycles. The van der Waals surface area contributed by atoms with Gasteiger partial charge in [-0.3, -0.25) is 4.79 Å².